The minimum absolute atomic E-state index is 0.207. The van der Waals surface area contributed by atoms with Crippen molar-refractivity contribution in [2.75, 3.05) is 31.1 Å². The monoisotopic (exact) mass is 460 g/mol. The number of oxazole rings is 1. The summed E-state index contributed by atoms with van der Waals surface area (Å²) in [6, 6.07) is 34.4. The first kappa shape index (κ1) is 21.6. The molecule has 3 aromatic carbocycles. The standard InChI is InChI=1S/C30H28N4O/c31-21-27-30(35-29(32-27)26-20-25(26)22-10-4-1-5-11-22)34-18-16-33(17-19-34)28(23-12-6-2-7-13-23)24-14-8-3-9-15-24/h1-15,25-26,28H,16-20H2/t25-,26-/m1/s1. The van der Waals surface area contributed by atoms with Crippen LogP contribution in [0, 0.1) is 11.3 Å². The van der Waals surface area contributed by atoms with Crippen molar-refractivity contribution in [3.05, 3.63) is 119 Å². The Morgan fingerprint density at radius 1 is 0.771 bits per heavy atom. The molecule has 0 spiro atoms. The molecule has 6 rings (SSSR count). The lowest BCUT2D eigenvalue weighted by atomic mass is 9.96. The summed E-state index contributed by atoms with van der Waals surface area (Å²) >= 11 is 0. The molecule has 2 atom stereocenters. The topological polar surface area (TPSA) is 56.3 Å². The van der Waals surface area contributed by atoms with E-state index in [1.807, 2.05) is 6.07 Å². The van der Waals surface area contributed by atoms with Gasteiger partial charge in [0.15, 0.2) is 0 Å². The fraction of sp³-hybridized carbons (Fsp3) is 0.267. The van der Waals surface area contributed by atoms with Crippen LogP contribution in [0.25, 0.3) is 0 Å². The van der Waals surface area contributed by atoms with Gasteiger partial charge in [0, 0.05) is 32.1 Å². The second kappa shape index (κ2) is 9.40. The van der Waals surface area contributed by atoms with Crippen LogP contribution in [0.2, 0.25) is 0 Å². The molecule has 0 bridgehead atoms. The summed E-state index contributed by atoms with van der Waals surface area (Å²) in [5.74, 6) is 2.04. The summed E-state index contributed by atoms with van der Waals surface area (Å²) in [4.78, 5) is 9.33. The van der Waals surface area contributed by atoms with Crippen LogP contribution in [0.5, 0.6) is 0 Å². The molecule has 5 heteroatoms. The Balaban J connectivity index is 1.19. The summed E-state index contributed by atoms with van der Waals surface area (Å²) in [6.45, 7) is 3.36. The van der Waals surface area contributed by atoms with Crippen LogP contribution in [-0.4, -0.2) is 36.1 Å². The molecular formula is C30H28N4O. The van der Waals surface area contributed by atoms with Gasteiger partial charge in [0.2, 0.25) is 17.5 Å². The zero-order chi connectivity index (χ0) is 23.6. The van der Waals surface area contributed by atoms with Gasteiger partial charge in [-0.3, -0.25) is 4.90 Å². The molecule has 0 radical (unpaired) electrons. The van der Waals surface area contributed by atoms with Gasteiger partial charge in [-0.05, 0) is 29.0 Å². The third-order valence-corrected chi connectivity index (χ3v) is 7.26. The lowest BCUT2D eigenvalue weighted by Gasteiger charge is -2.39. The average Bonchev–Trinajstić information content (AvgIpc) is 3.62. The summed E-state index contributed by atoms with van der Waals surface area (Å²) in [6.07, 6.45) is 1.03. The molecule has 1 aliphatic carbocycles. The highest BCUT2D eigenvalue weighted by molar-refractivity contribution is 5.49. The van der Waals surface area contributed by atoms with Crippen molar-refractivity contribution in [3.63, 3.8) is 0 Å². The van der Waals surface area contributed by atoms with Gasteiger partial charge in [-0.15, -0.1) is 0 Å². The van der Waals surface area contributed by atoms with Crippen molar-refractivity contribution in [3.8, 4) is 6.07 Å². The molecule has 1 aliphatic heterocycles. The molecule has 5 nitrogen and oxygen atoms in total. The van der Waals surface area contributed by atoms with Crippen LogP contribution < -0.4 is 4.90 Å². The molecule has 2 aliphatic rings. The first-order valence-electron chi connectivity index (χ1n) is 12.4. The number of piperazine rings is 1. The van der Waals surface area contributed by atoms with Crippen LogP contribution in [0.1, 0.15) is 52.6 Å². The predicted octanol–water partition coefficient (Wildman–Crippen LogP) is 5.73. The fourth-order valence-corrected chi connectivity index (χ4v) is 5.38. The molecule has 1 saturated heterocycles. The number of rotatable bonds is 6. The molecule has 0 N–H and O–H groups in total. The lowest BCUT2D eigenvalue weighted by Crippen LogP contribution is -2.48. The maximum atomic E-state index is 9.78. The van der Waals surface area contributed by atoms with Crippen molar-refractivity contribution in [1.29, 1.82) is 5.26 Å². The smallest absolute Gasteiger partial charge is 0.234 e. The van der Waals surface area contributed by atoms with Crippen molar-refractivity contribution >= 4 is 5.88 Å². The Labute approximate surface area is 206 Å². The van der Waals surface area contributed by atoms with Gasteiger partial charge in [-0.25, -0.2) is 4.98 Å². The molecule has 0 unspecified atom stereocenters. The van der Waals surface area contributed by atoms with E-state index < -0.39 is 0 Å². The molecule has 0 amide bonds. The zero-order valence-electron chi connectivity index (χ0n) is 19.6. The molecule has 2 heterocycles. The third-order valence-electron chi connectivity index (χ3n) is 7.26. The lowest BCUT2D eigenvalue weighted by molar-refractivity contribution is 0.209. The number of nitrogens with zero attached hydrogens (tertiary/aromatic N) is 4. The predicted molar refractivity (Wildman–Crippen MR) is 136 cm³/mol. The number of benzene rings is 3. The van der Waals surface area contributed by atoms with Crippen molar-refractivity contribution in [2.24, 2.45) is 0 Å². The maximum absolute atomic E-state index is 9.78. The molecule has 2 fully saturated rings. The van der Waals surface area contributed by atoms with E-state index >= 15 is 0 Å². The summed E-state index contributed by atoms with van der Waals surface area (Å²) in [7, 11) is 0. The van der Waals surface area contributed by atoms with Crippen molar-refractivity contribution in [2.45, 2.75) is 24.3 Å². The van der Waals surface area contributed by atoms with Gasteiger partial charge in [0.05, 0.1) is 6.04 Å². The number of hydrogen-bond acceptors (Lipinski definition) is 5. The molecule has 4 aromatic rings. The Bertz CT molecular complexity index is 1270. The minimum atomic E-state index is 0.207. The van der Waals surface area contributed by atoms with Crippen molar-refractivity contribution in [1.82, 2.24) is 9.88 Å². The SMILES string of the molecule is N#Cc1nc([C@@H]2C[C@@H]2c2ccccc2)oc1N1CCN(C(c2ccccc2)c2ccccc2)CC1. The summed E-state index contributed by atoms with van der Waals surface area (Å²) in [5.41, 5.74) is 4.33. The highest BCUT2D eigenvalue weighted by Gasteiger charge is 2.44. The van der Waals surface area contributed by atoms with E-state index in [0.29, 0.717) is 23.4 Å². The summed E-state index contributed by atoms with van der Waals surface area (Å²) < 4.78 is 6.26. The Morgan fingerprint density at radius 3 is 1.91 bits per heavy atom. The molecule has 1 aromatic heterocycles. The van der Waals surface area contributed by atoms with E-state index in [4.69, 9.17) is 4.42 Å². The van der Waals surface area contributed by atoms with E-state index in [0.717, 1.165) is 32.6 Å². The van der Waals surface area contributed by atoms with Gasteiger partial charge in [0.25, 0.3) is 0 Å². The van der Waals surface area contributed by atoms with Crippen LogP contribution >= 0.6 is 0 Å². The van der Waals surface area contributed by atoms with Gasteiger partial charge >= 0.3 is 0 Å². The van der Waals surface area contributed by atoms with Crippen molar-refractivity contribution < 1.29 is 4.42 Å². The zero-order valence-corrected chi connectivity index (χ0v) is 19.6. The van der Waals surface area contributed by atoms with E-state index in [-0.39, 0.29) is 12.0 Å². The van der Waals surface area contributed by atoms with Crippen LogP contribution in [0.3, 0.4) is 0 Å². The van der Waals surface area contributed by atoms with Gasteiger partial charge in [0.1, 0.15) is 6.07 Å². The van der Waals surface area contributed by atoms with E-state index in [9.17, 15) is 5.26 Å². The van der Waals surface area contributed by atoms with E-state index in [1.54, 1.807) is 0 Å². The maximum Gasteiger partial charge on any atom is 0.234 e. The average molecular weight is 461 g/mol. The minimum Gasteiger partial charge on any atom is -0.423 e. The molecule has 35 heavy (non-hydrogen) atoms. The highest BCUT2D eigenvalue weighted by atomic mass is 16.4. The Morgan fingerprint density at radius 2 is 1.34 bits per heavy atom. The number of anilines is 1. The first-order valence-corrected chi connectivity index (χ1v) is 12.4. The van der Waals surface area contributed by atoms with E-state index in [1.165, 1.54) is 16.7 Å². The van der Waals surface area contributed by atoms with Gasteiger partial charge < -0.3 is 9.32 Å². The van der Waals surface area contributed by atoms with Gasteiger partial charge in [-0.1, -0.05) is 91.0 Å². The fourth-order valence-electron chi connectivity index (χ4n) is 5.38. The van der Waals surface area contributed by atoms with Gasteiger partial charge in [-0.2, -0.15) is 5.26 Å². The highest BCUT2D eigenvalue weighted by Crippen LogP contribution is 2.54. The number of nitriles is 1. The molecule has 174 valence electrons. The Hall–Kier alpha value is -3.88. The number of aromatic nitrogens is 1. The largest absolute Gasteiger partial charge is 0.423 e. The van der Waals surface area contributed by atoms with Crippen LogP contribution in [0.4, 0.5) is 5.88 Å². The first-order chi connectivity index (χ1) is 17.3. The normalized spacial score (nSPS) is 20.1. The summed E-state index contributed by atoms with van der Waals surface area (Å²) in [5, 5.41) is 9.78. The second-order valence-corrected chi connectivity index (χ2v) is 9.42. The quantitative estimate of drug-likeness (QED) is 0.368. The van der Waals surface area contributed by atoms with E-state index in [2.05, 4.69) is 106 Å². The third kappa shape index (κ3) is 4.34. The Kier molecular flexibility index (Phi) is 5.81. The number of hydrogen-bond donors (Lipinski definition) is 0. The van der Waals surface area contributed by atoms with Crippen LogP contribution in [-0.2, 0) is 0 Å². The van der Waals surface area contributed by atoms with Crippen LogP contribution in [0.15, 0.2) is 95.4 Å². The molecular weight excluding hydrogens is 432 g/mol. The second-order valence-electron chi connectivity index (χ2n) is 9.42. The molecule has 1 saturated carbocycles.